The van der Waals surface area contributed by atoms with Crippen molar-refractivity contribution < 1.29 is 4.74 Å². The number of aromatic nitrogens is 2. The lowest BCUT2D eigenvalue weighted by Gasteiger charge is -2.29. The summed E-state index contributed by atoms with van der Waals surface area (Å²) in [4.78, 5) is 0. The van der Waals surface area contributed by atoms with E-state index in [9.17, 15) is 0 Å². The van der Waals surface area contributed by atoms with Crippen LogP contribution in [0.25, 0.3) is 0 Å². The van der Waals surface area contributed by atoms with E-state index in [1.54, 1.807) is 0 Å². The maximum atomic E-state index is 5.68. The Morgan fingerprint density at radius 2 is 2.25 bits per heavy atom. The maximum absolute atomic E-state index is 5.68. The number of nitrogens with one attached hydrogen (secondary N) is 1. The van der Waals surface area contributed by atoms with Gasteiger partial charge in [-0.05, 0) is 31.7 Å². The largest absolute Gasteiger partial charge is 0.381 e. The fraction of sp³-hybridized carbons (Fsp3) is 0.727. The van der Waals surface area contributed by atoms with E-state index in [4.69, 9.17) is 10.6 Å². The summed E-state index contributed by atoms with van der Waals surface area (Å²) in [5.74, 6) is 6.22. The zero-order valence-electron chi connectivity index (χ0n) is 9.94. The second-order valence-corrected chi connectivity index (χ2v) is 4.43. The molecule has 2 heterocycles. The van der Waals surface area contributed by atoms with Crippen LogP contribution < -0.4 is 11.3 Å². The van der Waals surface area contributed by atoms with Gasteiger partial charge in [-0.3, -0.25) is 16.0 Å². The van der Waals surface area contributed by atoms with Crippen LogP contribution >= 0.6 is 0 Å². The van der Waals surface area contributed by atoms with Crippen LogP contribution in [0.15, 0.2) is 6.07 Å². The average molecular weight is 224 g/mol. The van der Waals surface area contributed by atoms with Gasteiger partial charge in [0.25, 0.3) is 0 Å². The highest BCUT2D eigenvalue weighted by Gasteiger charge is 2.26. The highest BCUT2D eigenvalue weighted by atomic mass is 16.5. The molecule has 1 atom stereocenters. The van der Waals surface area contributed by atoms with Crippen molar-refractivity contribution in [3.63, 3.8) is 0 Å². The predicted molar refractivity (Wildman–Crippen MR) is 61.6 cm³/mol. The van der Waals surface area contributed by atoms with Crippen molar-refractivity contribution >= 4 is 0 Å². The molecular formula is C11H20N4O. The van der Waals surface area contributed by atoms with Gasteiger partial charge < -0.3 is 4.74 Å². The van der Waals surface area contributed by atoms with E-state index >= 15 is 0 Å². The van der Waals surface area contributed by atoms with Crippen molar-refractivity contribution in [2.24, 2.45) is 18.8 Å². The average Bonchev–Trinajstić information content (AvgIpc) is 2.61. The maximum Gasteiger partial charge on any atom is 0.0658 e. The fourth-order valence-electron chi connectivity index (χ4n) is 2.43. The molecular weight excluding hydrogens is 204 g/mol. The number of nitrogens with zero attached hydrogens (tertiary/aromatic N) is 2. The highest BCUT2D eigenvalue weighted by molar-refractivity contribution is 5.14. The van der Waals surface area contributed by atoms with Crippen molar-refractivity contribution in [3.8, 4) is 0 Å². The lowest BCUT2D eigenvalue weighted by Crippen LogP contribution is -2.37. The first-order valence-corrected chi connectivity index (χ1v) is 5.76. The second-order valence-electron chi connectivity index (χ2n) is 4.43. The summed E-state index contributed by atoms with van der Waals surface area (Å²) in [5.41, 5.74) is 5.12. The summed E-state index contributed by atoms with van der Waals surface area (Å²) in [5, 5.41) is 4.36. The monoisotopic (exact) mass is 224 g/mol. The molecule has 0 radical (unpaired) electrons. The van der Waals surface area contributed by atoms with Crippen LogP contribution in [0.4, 0.5) is 0 Å². The first-order chi connectivity index (χ1) is 7.72. The van der Waals surface area contributed by atoms with Crippen LogP contribution in [0.1, 0.15) is 30.3 Å². The van der Waals surface area contributed by atoms with Crippen molar-refractivity contribution in [1.29, 1.82) is 0 Å². The van der Waals surface area contributed by atoms with E-state index in [2.05, 4.69) is 16.6 Å². The molecule has 0 aliphatic carbocycles. The molecule has 1 fully saturated rings. The predicted octanol–water partition coefficient (Wildman–Crippen LogP) is 0.660. The summed E-state index contributed by atoms with van der Waals surface area (Å²) in [6.45, 7) is 3.67. The summed E-state index contributed by atoms with van der Waals surface area (Å²) in [7, 11) is 1.96. The Morgan fingerprint density at radius 1 is 1.56 bits per heavy atom. The molecule has 5 heteroatoms. The number of hydrogen-bond donors (Lipinski definition) is 2. The van der Waals surface area contributed by atoms with Crippen LogP contribution in [-0.2, 0) is 11.8 Å². The molecule has 1 aliphatic heterocycles. The Morgan fingerprint density at radius 3 is 2.75 bits per heavy atom. The minimum Gasteiger partial charge on any atom is -0.381 e. The highest BCUT2D eigenvalue weighted by Crippen LogP contribution is 2.29. The van der Waals surface area contributed by atoms with E-state index < -0.39 is 0 Å². The summed E-state index contributed by atoms with van der Waals surface area (Å²) in [6, 6.07) is 2.27. The van der Waals surface area contributed by atoms with Crippen LogP contribution in [0.5, 0.6) is 0 Å². The van der Waals surface area contributed by atoms with Crippen molar-refractivity contribution in [3.05, 3.63) is 17.5 Å². The molecule has 90 valence electrons. The van der Waals surface area contributed by atoms with Crippen LogP contribution in [0.3, 0.4) is 0 Å². The van der Waals surface area contributed by atoms with Gasteiger partial charge in [-0.1, -0.05) is 0 Å². The molecule has 1 aliphatic rings. The minimum absolute atomic E-state index is 0.176. The van der Waals surface area contributed by atoms with Gasteiger partial charge in [0.05, 0.1) is 17.4 Å². The normalized spacial score (nSPS) is 19.9. The number of ether oxygens (including phenoxy) is 1. The Hall–Kier alpha value is -0.910. The summed E-state index contributed by atoms with van der Waals surface area (Å²) in [6.07, 6.45) is 2.11. The molecule has 2 rings (SSSR count). The molecule has 5 nitrogen and oxygen atoms in total. The molecule has 0 bridgehead atoms. The molecule has 0 saturated carbocycles. The first kappa shape index (κ1) is 11.6. The fourth-order valence-corrected chi connectivity index (χ4v) is 2.43. The van der Waals surface area contributed by atoms with Gasteiger partial charge in [-0.15, -0.1) is 0 Å². The Kier molecular flexibility index (Phi) is 3.58. The SMILES string of the molecule is Cc1cc(C(NN)C2CCOCC2)n(C)n1. The number of hydrazine groups is 1. The zero-order chi connectivity index (χ0) is 11.5. The van der Waals surface area contributed by atoms with Crippen LogP contribution in [0, 0.1) is 12.8 Å². The van der Waals surface area contributed by atoms with Crippen molar-refractivity contribution in [1.82, 2.24) is 15.2 Å². The number of aryl methyl sites for hydroxylation is 2. The Labute approximate surface area is 95.9 Å². The quantitative estimate of drug-likeness (QED) is 0.585. The van der Waals surface area contributed by atoms with Gasteiger partial charge in [-0.2, -0.15) is 5.10 Å². The zero-order valence-corrected chi connectivity index (χ0v) is 9.94. The van der Waals surface area contributed by atoms with E-state index in [1.165, 1.54) is 0 Å². The molecule has 3 N–H and O–H groups in total. The topological polar surface area (TPSA) is 65.1 Å². The second kappa shape index (κ2) is 4.95. The van der Waals surface area contributed by atoms with Gasteiger partial charge in [0, 0.05) is 20.3 Å². The number of hydrogen-bond acceptors (Lipinski definition) is 4. The van der Waals surface area contributed by atoms with Crippen LogP contribution in [0.2, 0.25) is 0 Å². The third-order valence-electron chi connectivity index (χ3n) is 3.27. The molecule has 0 amide bonds. The number of rotatable bonds is 3. The summed E-state index contributed by atoms with van der Waals surface area (Å²) >= 11 is 0. The molecule has 0 spiro atoms. The van der Waals surface area contributed by atoms with Crippen molar-refractivity contribution in [2.75, 3.05) is 13.2 Å². The smallest absolute Gasteiger partial charge is 0.0658 e. The third-order valence-corrected chi connectivity index (χ3v) is 3.27. The summed E-state index contributed by atoms with van der Waals surface area (Å²) < 4.78 is 7.29. The molecule has 16 heavy (non-hydrogen) atoms. The molecule has 1 aromatic heterocycles. The lowest BCUT2D eigenvalue weighted by atomic mass is 9.90. The standard InChI is InChI=1S/C11H20N4O/c1-8-7-10(15(2)14-8)11(13-12)9-3-5-16-6-4-9/h7,9,11,13H,3-6,12H2,1-2H3. The number of nitrogens with two attached hydrogens (primary N) is 1. The van der Waals surface area contributed by atoms with Crippen LogP contribution in [-0.4, -0.2) is 23.0 Å². The van der Waals surface area contributed by atoms with Gasteiger partial charge in [-0.25, -0.2) is 0 Å². The van der Waals surface area contributed by atoms with E-state index in [0.717, 1.165) is 37.4 Å². The lowest BCUT2D eigenvalue weighted by molar-refractivity contribution is 0.0526. The first-order valence-electron chi connectivity index (χ1n) is 5.76. The Bertz CT molecular complexity index is 344. The Balaban J connectivity index is 2.17. The van der Waals surface area contributed by atoms with Gasteiger partial charge in [0.15, 0.2) is 0 Å². The van der Waals surface area contributed by atoms with Crippen molar-refractivity contribution in [2.45, 2.75) is 25.8 Å². The molecule has 1 unspecified atom stereocenters. The van der Waals surface area contributed by atoms with Gasteiger partial charge >= 0.3 is 0 Å². The third kappa shape index (κ3) is 2.26. The minimum atomic E-state index is 0.176. The van der Waals surface area contributed by atoms with Gasteiger partial charge in [0.1, 0.15) is 0 Å². The molecule has 0 aromatic carbocycles. The molecule has 1 aromatic rings. The van der Waals surface area contributed by atoms with E-state index in [-0.39, 0.29) is 6.04 Å². The van der Waals surface area contributed by atoms with E-state index in [1.807, 2.05) is 18.7 Å². The van der Waals surface area contributed by atoms with E-state index in [0.29, 0.717) is 5.92 Å². The van der Waals surface area contributed by atoms with Gasteiger partial charge in [0.2, 0.25) is 0 Å². The molecule has 1 saturated heterocycles.